The second kappa shape index (κ2) is 50.4. The van der Waals surface area contributed by atoms with Crippen molar-refractivity contribution in [2.45, 2.75) is 303 Å². The molecule has 1 N–H and O–H groups in total. The summed E-state index contributed by atoms with van der Waals surface area (Å²) in [5, 5.41) is 2.82. The fraction of sp³-hybridized carbons (Fsp3) is 0.926. The second-order valence-corrected chi connectivity index (χ2v) is 19.6. The highest BCUT2D eigenvalue weighted by Gasteiger charge is 2.20. The molecule has 1 radical (unpaired) electrons. The maximum atomic E-state index is 12.9. The average molecular weight is 893 g/mol. The second-order valence-electron chi connectivity index (χ2n) is 18.5. The van der Waals surface area contributed by atoms with E-state index < -0.39 is 12.1 Å². The largest absolute Gasteiger partial charge is 0.462 e. The molecule has 0 saturated heterocycles. The van der Waals surface area contributed by atoms with Gasteiger partial charge in [0.2, 0.25) is 12.2 Å². The predicted molar refractivity (Wildman–Crippen MR) is 267 cm³/mol. The molecule has 0 aromatic rings. The minimum atomic E-state index is -0.727. The van der Waals surface area contributed by atoms with Crippen LogP contribution in [0, 0.1) is 0 Å². The summed E-state index contributed by atoms with van der Waals surface area (Å²) in [6, 6.07) is -0.727. The van der Waals surface area contributed by atoms with Crippen LogP contribution in [0.2, 0.25) is 0 Å². The molecule has 0 aliphatic heterocycles. The van der Waals surface area contributed by atoms with Crippen LogP contribution in [0.3, 0.4) is 0 Å². The van der Waals surface area contributed by atoms with Gasteiger partial charge in [0, 0.05) is 30.8 Å². The van der Waals surface area contributed by atoms with Crippen molar-refractivity contribution >= 4 is 35.9 Å². The van der Waals surface area contributed by atoms with Crippen molar-refractivity contribution < 1.29 is 28.7 Å². The SMILES string of the molecule is CCCCCCCCCCCCCCCC(=O)NC([C]=O)CSCC(COC(=O)CCCCCCCCCCCCCCC)OC(=O)CCCCCCCCCCCCCCC. The van der Waals surface area contributed by atoms with Crippen molar-refractivity contribution in [1.29, 1.82) is 0 Å². The number of rotatable bonds is 51. The topological polar surface area (TPSA) is 98.8 Å². The van der Waals surface area contributed by atoms with E-state index in [2.05, 4.69) is 26.1 Å². The summed E-state index contributed by atoms with van der Waals surface area (Å²) in [6.45, 7) is 6.79. The molecule has 0 aromatic heterocycles. The first kappa shape index (κ1) is 60.4. The monoisotopic (exact) mass is 893 g/mol. The van der Waals surface area contributed by atoms with E-state index in [9.17, 15) is 19.2 Å². The van der Waals surface area contributed by atoms with Gasteiger partial charge < -0.3 is 14.8 Å². The van der Waals surface area contributed by atoms with Crippen LogP contribution in [0.4, 0.5) is 0 Å². The lowest BCUT2D eigenvalue weighted by molar-refractivity contribution is -0.157. The number of carbonyl (C=O) groups is 3. The van der Waals surface area contributed by atoms with Crippen molar-refractivity contribution in [3.63, 3.8) is 0 Å². The summed E-state index contributed by atoms with van der Waals surface area (Å²) in [4.78, 5) is 49.9. The lowest BCUT2D eigenvalue weighted by atomic mass is 10.0. The highest BCUT2D eigenvalue weighted by molar-refractivity contribution is 7.99. The summed E-state index contributed by atoms with van der Waals surface area (Å²) in [7, 11) is 0. The molecular weight excluding hydrogens is 791 g/mol. The Kier molecular flexibility index (Phi) is 49.2. The fourth-order valence-corrected chi connectivity index (χ4v) is 9.14. The maximum absolute atomic E-state index is 12.9. The lowest BCUT2D eigenvalue weighted by Crippen LogP contribution is -2.38. The molecule has 0 aromatic carbocycles. The Balaban J connectivity index is 4.48. The van der Waals surface area contributed by atoms with Crippen LogP contribution in [0.25, 0.3) is 0 Å². The van der Waals surface area contributed by atoms with Crippen LogP contribution in [0.1, 0.15) is 290 Å². The summed E-state index contributed by atoms with van der Waals surface area (Å²) >= 11 is 1.42. The number of hydrogen-bond donors (Lipinski definition) is 1. The van der Waals surface area contributed by atoms with Crippen molar-refractivity contribution in [2.24, 2.45) is 0 Å². The first-order chi connectivity index (χ1) is 30.5. The summed E-state index contributed by atoms with van der Waals surface area (Å²) < 4.78 is 11.5. The van der Waals surface area contributed by atoms with Crippen LogP contribution in [-0.4, -0.2) is 54.4 Å². The van der Waals surface area contributed by atoms with E-state index in [-0.39, 0.29) is 24.5 Å². The molecule has 8 heteroatoms. The molecule has 2 unspecified atom stereocenters. The molecule has 0 saturated carbocycles. The molecule has 0 heterocycles. The van der Waals surface area contributed by atoms with E-state index >= 15 is 0 Å². The average Bonchev–Trinajstić information content (AvgIpc) is 3.27. The summed E-state index contributed by atoms with van der Waals surface area (Å²) in [5.41, 5.74) is 0. The van der Waals surface area contributed by atoms with E-state index in [1.165, 1.54) is 204 Å². The Labute approximate surface area is 389 Å². The lowest BCUT2D eigenvalue weighted by Gasteiger charge is -2.19. The molecule has 0 aliphatic rings. The molecule has 0 spiro atoms. The van der Waals surface area contributed by atoms with E-state index in [1.54, 1.807) is 0 Å². The van der Waals surface area contributed by atoms with Crippen LogP contribution >= 0.6 is 11.8 Å². The molecule has 7 nitrogen and oxygen atoms in total. The van der Waals surface area contributed by atoms with Crippen LogP contribution < -0.4 is 5.32 Å². The van der Waals surface area contributed by atoms with Gasteiger partial charge in [0.05, 0.1) is 0 Å². The van der Waals surface area contributed by atoms with E-state index in [0.717, 1.165) is 57.8 Å². The Morgan fingerprint density at radius 3 is 1.06 bits per heavy atom. The van der Waals surface area contributed by atoms with Crippen LogP contribution in [0.15, 0.2) is 0 Å². The molecule has 0 fully saturated rings. The van der Waals surface area contributed by atoms with Gasteiger partial charge in [-0.2, -0.15) is 11.8 Å². The van der Waals surface area contributed by atoms with Gasteiger partial charge in [0.1, 0.15) is 18.8 Å². The Morgan fingerprint density at radius 1 is 0.419 bits per heavy atom. The van der Waals surface area contributed by atoms with Crippen LogP contribution in [-0.2, 0) is 28.7 Å². The Morgan fingerprint density at radius 2 is 0.726 bits per heavy atom. The highest BCUT2D eigenvalue weighted by atomic mass is 32.2. The van der Waals surface area contributed by atoms with Crippen molar-refractivity contribution in [3.8, 4) is 0 Å². The predicted octanol–water partition coefficient (Wildman–Crippen LogP) is 16.2. The first-order valence-corrected chi connectivity index (χ1v) is 28.2. The van der Waals surface area contributed by atoms with Gasteiger partial charge in [-0.25, -0.2) is 0 Å². The number of ether oxygens (including phenoxy) is 2. The number of thioether (sulfide) groups is 1. The van der Waals surface area contributed by atoms with Gasteiger partial charge in [0.25, 0.3) is 0 Å². The minimum absolute atomic E-state index is 0.00942. The van der Waals surface area contributed by atoms with Crippen LogP contribution in [0.5, 0.6) is 0 Å². The van der Waals surface area contributed by atoms with Gasteiger partial charge in [0.15, 0.2) is 0 Å². The Hall–Kier alpha value is -1.57. The maximum Gasteiger partial charge on any atom is 0.306 e. The molecule has 62 heavy (non-hydrogen) atoms. The van der Waals surface area contributed by atoms with Crippen molar-refractivity contribution in [2.75, 3.05) is 18.1 Å². The molecule has 0 aliphatic carbocycles. The smallest absolute Gasteiger partial charge is 0.306 e. The molecule has 0 bridgehead atoms. The van der Waals surface area contributed by atoms with Gasteiger partial charge in [-0.1, -0.05) is 252 Å². The zero-order valence-electron chi connectivity index (χ0n) is 41.3. The van der Waals surface area contributed by atoms with Gasteiger partial charge in [-0.15, -0.1) is 0 Å². The standard InChI is InChI=1S/C54H102NO6S/c1-4-7-10-13-16-19-22-25-28-31-34-37-40-43-52(57)55-50(46-56)48-62-49-51(61-54(59)45-42-39-36-33-30-27-24-21-18-15-12-9-6-3)47-60-53(58)44-41-38-35-32-29-26-23-20-17-14-11-8-5-2/h50-51H,4-45,47-49H2,1-3H3,(H,55,57). The number of nitrogens with one attached hydrogen (secondary N) is 1. The number of amides is 1. The van der Waals surface area contributed by atoms with E-state index in [0.29, 0.717) is 30.8 Å². The first-order valence-electron chi connectivity index (χ1n) is 27.1. The highest BCUT2D eigenvalue weighted by Crippen LogP contribution is 2.17. The molecular formula is C54H102NO6S. The summed E-state index contributed by atoms with van der Waals surface area (Å²) in [5.74, 6) is 0.0626. The van der Waals surface area contributed by atoms with E-state index in [4.69, 9.17) is 9.47 Å². The molecule has 365 valence electrons. The minimum Gasteiger partial charge on any atom is -0.462 e. The zero-order chi connectivity index (χ0) is 45.2. The third-order valence-electron chi connectivity index (χ3n) is 12.3. The van der Waals surface area contributed by atoms with E-state index in [1.807, 2.05) is 6.29 Å². The summed E-state index contributed by atoms with van der Waals surface area (Å²) in [6.07, 6.45) is 51.3. The molecule has 0 rings (SSSR count). The van der Waals surface area contributed by atoms with Gasteiger partial charge in [-0.3, -0.25) is 19.2 Å². The number of esters is 2. The van der Waals surface area contributed by atoms with Crippen molar-refractivity contribution in [3.05, 3.63) is 0 Å². The quantitative estimate of drug-likeness (QED) is 0.0480. The number of hydrogen-bond acceptors (Lipinski definition) is 7. The fourth-order valence-electron chi connectivity index (χ4n) is 8.19. The zero-order valence-corrected chi connectivity index (χ0v) is 42.1. The number of unbranched alkanes of at least 4 members (excludes halogenated alkanes) is 36. The Bertz CT molecular complexity index is 979. The normalized spacial score (nSPS) is 12.3. The third kappa shape index (κ3) is 46.4. The van der Waals surface area contributed by atoms with Gasteiger partial charge in [-0.05, 0) is 19.3 Å². The van der Waals surface area contributed by atoms with Crippen molar-refractivity contribution in [1.82, 2.24) is 5.32 Å². The molecule has 2 atom stereocenters. The van der Waals surface area contributed by atoms with Gasteiger partial charge >= 0.3 is 11.9 Å². The molecule has 1 amide bonds. The number of carbonyl (C=O) groups excluding carboxylic acids is 4. The third-order valence-corrected chi connectivity index (χ3v) is 13.4.